The van der Waals surface area contributed by atoms with Crippen LogP contribution in [0.2, 0.25) is 0 Å². The van der Waals surface area contributed by atoms with E-state index in [1.807, 2.05) is 0 Å². The fraction of sp³-hybridized carbons (Fsp3) is 0.889. The molecular weight excluding hydrogens is 274 g/mol. The molecule has 2 rings (SSSR count). The molecule has 1 fully saturated rings. The van der Waals surface area contributed by atoms with E-state index in [2.05, 4.69) is 22.4 Å². The zero-order valence-electron chi connectivity index (χ0n) is 14.3. The molecule has 1 atom stereocenters. The summed E-state index contributed by atoms with van der Waals surface area (Å²) in [6.07, 6.45) is 16.9. The highest BCUT2D eigenvalue weighted by molar-refractivity contribution is 4.95. The average molecular weight is 307 g/mol. The molecule has 1 aromatic rings. The Labute approximate surface area is 135 Å². The van der Waals surface area contributed by atoms with Crippen LogP contribution in [0, 0.1) is 0 Å². The standard InChI is InChI=1S/C18H33N3O/c1-2-3-4-5-6-7-8-9-10-11-14-17-20-18(22-21-17)16-13-12-15-19-16/h16,19H,2-15H2,1H3. The van der Waals surface area contributed by atoms with Crippen LogP contribution in [-0.2, 0) is 6.42 Å². The van der Waals surface area contributed by atoms with Gasteiger partial charge in [-0.25, -0.2) is 0 Å². The van der Waals surface area contributed by atoms with Crippen molar-refractivity contribution in [2.45, 2.75) is 96.4 Å². The summed E-state index contributed by atoms with van der Waals surface area (Å²) in [7, 11) is 0. The van der Waals surface area contributed by atoms with Gasteiger partial charge in [0.1, 0.15) is 0 Å². The Bertz CT molecular complexity index is 385. The van der Waals surface area contributed by atoms with Crippen LogP contribution in [0.5, 0.6) is 0 Å². The molecule has 1 unspecified atom stereocenters. The molecule has 0 aliphatic carbocycles. The minimum atomic E-state index is 0.300. The predicted molar refractivity (Wildman–Crippen MR) is 89.8 cm³/mol. The molecule has 1 aliphatic heterocycles. The molecule has 1 saturated heterocycles. The topological polar surface area (TPSA) is 51.0 Å². The minimum absolute atomic E-state index is 0.300. The van der Waals surface area contributed by atoms with Gasteiger partial charge in [0.2, 0.25) is 5.89 Å². The van der Waals surface area contributed by atoms with Gasteiger partial charge in [-0.05, 0) is 25.8 Å². The summed E-state index contributed by atoms with van der Waals surface area (Å²) < 4.78 is 5.37. The van der Waals surface area contributed by atoms with Crippen molar-refractivity contribution in [2.75, 3.05) is 6.54 Å². The highest BCUT2D eigenvalue weighted by Gasteiger charge is 2.21. The van der Waals surface area contributed by atoms with Crippen LogP contribution in [0.4, 0.5) is 0 Å². The smallest absolute Gasteiger partial charge is 0.243 e. The third-order valence-electron chi connectivity index (χ3n) is 4.60. The number of aromatic nitrogens is 2. The normalized spacial score (nSPS) is 18.1. The van der Waals surface area contributed by atoms with Crippen LogP contribution in [0.15, 0.2) is 4.52 Å². The van der Waals surface area contributed by atoms with E-state index in [9.17, 15) is 0 Å². The van der Waals surface area contributed by atoms with E-state index in [0.29, 0.717) is 6.04 Å². The van der Waals surface area contributed by atoms with E-state index >= 15 is 0 Å². The SMILES string of the molecule is CCCCCCCCCCCCc1noc(C2CCCN2)n1. The van der Waals surface area contributed by atoms with Crippen molar-refractivity contribution in [3.8, 4) is 0 Å². The first-order valence-electron chi connectivity index (χ1n) is 9.46. The van der Waals surface area contributed by atoms with Crippen LogP contribution >= 0.6 is 0 Å². The lowest BCUT2D eigenvalue weighted by Gasteiger charge is -2.02. The lowest BCUT2D eigenvalue weighted by molar-refractivity contribution is 0.340. The summed E-state index contributed by atoms with van der Waals surface area (Å²) in [5, 5.41) is 7.51. The van der Waals surface area contributed by atoms with Gasteiger partial charge < -0.3 is 9.84 Å². The molecule has 2 heterocycles. The largest absolute Gasteiger partial charge is 0.338 e. The number of aryl methyl sites for hydroxylation is 1. The lowest BCUT2D eigenvalue weighted by Crippen LogP contribution is -2.13. The van der Waals surface area contributed by atoms with Gasteiger partial charge in [0.15, 0.2) is 5.82 Å². The maximum atomic E-state index is 5.37. The Morgan fingerprint density at radius 2 is 1.68 bits per heavy atom. The highest BCUT2D eigenvalue weighted by atomic mass is 16.5. The number of nitrogens with zero attached hydrogens (tertiary/aromatic N) is 2. The van der Waals surface area contributed by atoms with Gasteiger partial charge in [0.05, 0.1) is 6.04 Å². The molecule has 0 bridgehead atoms. The van der Waals surface area contributed by atoms with Crippen LogP contribution in [-0.4, -0.2) is 16.7 Å². The Morgan fingerprint density at radius 3 is 2.32 bits per heavy atom. The number of hydrogen-bond donors (Lipinski definition) is 1. The molecule has 22 heavy (non-hydrogen) atoms. The molecule has 0 spiro atoms. The molecule has 4 nitrogen and oxygen atoms in total. The van der Waals surface area contributed by atoms with Crippen molar-refractivity contribution >= 4 is 0 Å². The van der Waals surface area contributed by atoms with Crippen molar-refractivity contribution < 1.29 is 4.52 Å². The summed E-state index contributed by atoms with van der Waals surface area (Å²) in [6, 6.07) is 0.300. The average Bonchev–Trinajstić information content (AvgIpc) is 3.19. The van der Waals surface area contributed by atoms with E-state index in [1.54, 1.807) is 0 Å². The maximum Gasteiger partial charge on any atom is 0.243 e. The first kappa shape index (κ1) is 17.5. The summed E-state index contributed by atoms with van der Waals surface area (Å²) >= 11 is 0. The van der Waals surface area contributed by atoms with Crippen molar-refractivity contribution in [3.63, 3.8) is 0 Å². The van der Waals surface area contributed by atoms with Crippen LogP contribution < -0.4 is 5.32 Å². The quantitative estimate of drug-likeness (QED) is 0.555. The molecule has 0 aromatic carbocycles. The monoisotopic (exact) mass is 307 g/mol. The molecule has 4 heteroatoms. The van der Waals surface area contributed by atoms with Gasteiger partial charge in [0.25, 0.3) is 0 Å². The molecule has 1 aromatic heterocycles. The Hall–Kier alpha value is -0.900. The summed E-state index contributed by atoms with van der Waals surface area (Å²) in [6.45, 7) is 3.35. The first-order valence-corrected chi connectivity index (χ1v) is 9.46. The fourth-order valence-corrected chi connectivity index (χ4v) is 3.18. The summed E-state index contributed by atoms with van der Waals surface area (Å²) in [4.78, 5) is 4.53. The number of nitrogens with one attached hydrogen (secondary N) is 1. The second-order valence-corrected chi connectivity index (χ2v) is 6.63. The van der Waals surface area contributed by atoms with E-state index in [-0.39, 0.29) is 0 Å². The molecular formula is C18H33N3O. The van der Waals surface area contributed by atoms with Crippen molar-refractivity contribution in [3.05, 3.63) is 11.7 Å². The van der Waals surface area contributed by atoms with Gasteiger partial charge in [-0.3, -0.25) is 0 Å². The van der Waals surface area contributed by atoms with Gasteiger partial charge in [0, 0.05) is 6.42 Å². The van der Waals surface area contributed by atoms with Crippen LogP contribution in [0.25, 0.3) is 0 Å². The van der Waals surface area contributed by atoms with Gasteiger partial charge in [-0.2, -0.15) is 4.98 Å². The Balaban J connectivity index is 1.45. The fourth-order valence-electron chi connectivity index (χ4n) is 3.18. The molecule has 0 radical (unpaired) electrons. The van der Waals surface area contributed by atoms with Gasteiger partial charge in [-0.1, -0.05) is 69.9 Å². The van der Waals surface area contributed by atoms with Gasteiger partial charge in [-0.15, -0.1) is 0 Å². The molecule has 1 aliphatic rings. The van der Waals surface area contributed by atoms with Gasteiger partial charge >= 0.3 is 0 Å². The van der Waals surface area contributed by atoms with Crippen LogP contribution in [0.1, 0.15) is 102 Å². The van der Waals surface area contributed by atoms with E-state index in [1.165, 1.54) is 70.6 Å². The minimum Gasteiger partial charge on any atom is -0.338 e. The van der Waals surface area contributed by atoms with Crippen molar-refractivity contribution in [1.82, 2.24) is 15.5 Å². The number of hydrogen-bond acceptors (Lipinski definition) is 4. The Morgan fingerprint density at radius 1 is 1.00 bits per heavy atom. The zero-order chi connectivity index (χ0) is 15.5. The highest BCUT2D eigenvalue weighted by Crippen LogP contribution is 2.21. The lowest BCUT2D eigenvalue weighted by atomic mass is 10.1. The molecule has 1 N–H and O–H groups in total. The molecule has 126 valence electrons. The second kappa shape index (κ2) is 10.8. The van der Waals surface area contributed by atoms with Crippen molar-refractivity contribution in [1.29, 1.82) is 0 Å². The predicted octanol–water partition coefficient (Wildman–Crippen LogP) is 4.96. The van der Waals surface area contributed by atoms with E-state index in [0.717, 1.165) is 31.1 Å². The van der Waals surface area contributed by atoms with Crippen molar-refractivity contribution in [2.24, 2.45) is 0 Å². The number of rotatable bonds is 12. The summed E-state index contributed by atoms with van der Waals surface area (Å²) in [5.41, 5.74) is 0. The zero-order valence-corrected chi connectivity index (χ0v) is 14.3. The second-order valence-electron chi connectivity index (χ2n) is 6.63. The third kappa shape index (κ3) is 6.47. The first-order chi connectivity index (χ1) is 10.9. The summed E-state index contributed by atoms with van der Waals surface area (Å²) in [5.74, 6) is 1.68. The maximum absolute atomic E-state index is 5.37. The Kier molecular flexibility index (Phi) is 8.54. The third-order valence-corrected chi connectivity index (χ3v) is 4.60. The van der Waals surface area contributed by atoms with Crippen LogP contribution in [0.3, 0.4) is 0 Å². The van der Waals surface area contributed by atoms with E-state index in [4.69, 9.17) is 4.52 Å². The molecule has 0 saturated carbocycles. The molecule has 0 amide bonds. The van der Waals surface area contributed by atoms with E-state index < -0.39 is 0 Å². The number of unbranched alkanes of at least 4 members (excludes halogenated alkanes) is 9.